The highest BCUT2D eigenvalue weighted by molar-refractivity contribution is 6.04. The Labute approximate surface area is 162 Å². The number of hydrogen-bond donors (Lipinski definition) is 4. The SMILES string of the molecule is COc1ccccc1NCCNCCCNC(=O)c1n[nH]c2ccc(F)cc12. The third-order valence-corrected chi connectivity index (χ3v) is 4.28. The van der Waals surface area contributed by atoms with Gasteiger partial charge in [-0.3, -0.25) is 9.89 Å². The van der Waals surface area contributed by atoms with Crippen LogP contribution in [0, 0.1) is 5.82 Å². The van der Waals surface area contributed by atoms with Crippen LogP contribution >= 0.6 is 0 Å². The van der Waals surface area contributed by atoms with Crippen LogP contribution in [0.3, 0.4) is 0 Å². The Balaban J connectivity index is 1.32. The second-order valence-electron chi connectivity index (χ2n) is 6.25. The summed E-state index contributed by atoms with van der Waals surface area (Å²) in [6.07, 6.45) is 0.775. The number of carbonyl (C=O) groups is 1. The molecule has 0 saturated heterocycles. The van der Waals surface area contributed by atoms with Gasteiger partial charge in [-0.1, -0.05) is 12.1 Å². The number of rotatable bonds is 10. The third kappa shape index (κ3) is 4.98. The van der Waals surface area contributed by atoms with Crippen molar-refractivity contribution >= 4 is 22.5 Å². The fourth-order valence-corrected chi connectivity index (χ4v) is 2.86. The summed E-state index contributed by atoms with van der Waals surface area (Å²) in [6.45, 7) is 2.83. The van der Waals surface area contributed by atoms with Gasteiger partial charge in [-0.15, -0.1) is 0 Å². The van der Waals surface area contributed by atoms with Crippen LogP contribution in [0.15, 0.2) is 42.5 Å². The van der Waals surface area contributed by atoms with Crippen molar-refractivity contribution in [3.05, 3.63) is 54.0 Å². The van der Waals surface area contributed by atoms with Gasteiger partial charge in [-0.25, -0.2) is 4.39 Å². The van der Waals surface area contributed by atoms with Crippen LogP contribution < -0.4 is 20.7 Å². The van der Waals surface area contributed by atoms with Crippen LogP contribution in [0.2, 0.25) is 0 Å². The van der Waals surface area contributed by atoms with Crippen LogP contribution in [0.25, 0.3) is 10.9 Å². The zero-order valence-electron chi connectivity index (χ0n) is 15.7. The number of aromatic amines is 1. The summed E-state index contributed by atoms with van der Waals surface area (Å²) in [4.78, 5) is 12.2. The van der Waals surface area contributed by atoms with Crippen molar-refractivity contribution in [3.63, 3.8) is 0 Å². The minimum atomic E-state index is -0.395. The number of benzene rings is 2. The number of ether oxygens (including phenoxy) is 1. The summed E-state index contributed by atoms with van der Waals surface area (Å²) in [5.41, 5.74) is 1.81. The van der Waals surface area contributed by atoms with Crippen molar-refractivity contribution in [1.82, 2.24) is 20.8 Å². The molecule has 0 spiro atoms. The number of nitrogens with one attached hydrogen (secondary N) is 4. The molecule has 3 rings (SSSR count). The van der Waals surface area contributed by atoms with E-state index in [4.69, 9.17) is 4.74 Å². The predicted molar refractivity (Wildman–Crippen MR) is 107 cm³/mol. The number of carbonyl (C=O) groups excluding carboxylic acids is 1. The van der Waals surface area contributed by atoms with Crippen molar-refractivity contribution in [2.75, 3.05) is 38.6 Å². The first-order chi connectivity index (χ1) is 13.7. The van der Waals surface area contributed by atoms with Gasteiger partial charge in [0.05, 0.1) is 18.3 Å². The fourth-order valence-electron chi connectivity index (χ4n) is 2.86. The van der Waals surface area contributed by atoms with Crippen molar-refractivity contribution in [1.29, 1.82) is 0 Å². The van der Waals surface area contributed by atoms with Crippen LogP contribution in [0.5, 0.6) is 5.75 Å². The van der Waals surface area contributed by atoms with Gasteiger partial charge in [0.15, 0.2) is 5.69 Å². The second-order valence-corrected chi connectivity index (χ2v) is 6.25. The van der Waals surface area contributed by atoms with Crippen molar-refractivity contribution in [3.8, 4) is 5.75 Å². The van der Waals surface area contributed by atoms with Gasteiger partial charge in [-0.2, -0.15) is 5.10 Å². The lowest BCUT2D eigenvalue weighted by atomic mass is 10.2. The average molecular weight is 385 g/mol. The monoisotopic (exact) mass is 385 g/mol. The molecule has 2 aromatic carbocycles. The minimum Gasteiger partial charge on any atom is -0.495 e. The summed E-state index contributed by atoms with van der Waals surface area (Å²) >= 11 is 0. The number of fused-ring (bicyclic) bond motifs is 1. The van der Waals surface area contributed by atoms with Crippen LogP contribution in [0.4, 0.5) is 10.1 Å². The molecule has 1 heterocycles. The number of halogens is 1. The van der Waals surface area contributed by atoms with E-state index in [9.17, 15) is 9.18 Å². The molecule has 0 atom stereocenters. The fraction of sp³-hybridized carbons (Fsp3) is 0.300. The lowest BCUT2D eigenvalue weighted by molar-refractivity contribution is 0.0950. The van der Waals surface area contributed by atoms with Crippen LogP contribution in [-0.2, 0) is 0 Å². The molecule has 0 bridgehead atoms. The third-order valence-electron chi connectivity index (χ3n) is 4.28. The van der Waals surface area contributed by atoms with Gasteiger partial charge in [0.2, 0.25) is 0 Å². The first-order valence-electron chi connectivity index (χ1n) is 9.18. The molecule has 0 aliphatic heterocycles. The quantitative estimate of drug-likeness (QED) is 0.403. The highest BCUT2D eigenvalue weighted by atomic mass is 19.1. The van der Waals surface area contributed by atoms with Crippen LogP contribution in [0.1, 0.15) is 16.9 Å². The zero-order valence-corrected chi connectivity index (χ0v) is 15.7. The molecule has 148 valence electrons. The maximum absolute atomic E-state index is 13.4. The molecule has 8 heteroatoms. The summed E-state index contributed by atoms with van der Waals surface area (Å²) in [7, 11) is 1.65. The maximum atomic E-state index is 13.4. The van der Waals surface area contributed by atoms with Crippen LogP contribution in [-0.4, -0.2) is 49.4 Å². The van der Waals surface area contributed by atoms with E-state index in [2.05, 4.69) is 26.1 Å². The van der Waals surface area contributed by atoms with Gasteiger partial charge in [-0.05, 0) is 43.3 Å². The molecule has 28 heavy (non-hydrogen) atoms. The number of anilines is 1. The number of amides is 1. The number of nitrogens with zero attached hydrogens (tertiary/aromatic N) is 1. The summed E-state index contributed by atoms with van der Waals surface area (Å²) in [5, 5.41) is 16.6. The Morgan fingerprint density at radius 3 is 2.86 bits per heavy atom. The average Bonchev–Trinajstić information content (AvgIpc) is 3.13. The standard InChI is InChI=1S/C20H24FN5O2/c1-28-18-6-3-2-5-17(18)23-12-11-22-9-4-10-24-20(27)19-15-13-14(21)7-8-16(15)25-26-19/h2-3,5-8,13,22-23H,4,9-12H2,1H3,(H,24,27)(H,25,26). The molecule has 0 fully saturated rings. The molecular formula is C20H24FN5O2. The highest BCUT2D eigenvalue weighted by Gasteiger charge is 2.14. The summed E-state index contributed by atoms with van der Waals surface area (Å²) in [5.74, 6) is 0.111. The molecule has 0 radical (unpaired) electrons. The Morgan fingerprint density at radius 1 is 1.14 bits per heavy atom. The van der Waals surface area contributed by atoms with Crippen molar-refractivity contribution in [2.45, 2.75) is 6.42 Å². The molecule has 4 N–H and O–H groups in total. The Bertz CT molecular complexity index is 928. The molecule has 1 aromatic heterocycles. The zero-order chi connectivity index (χ0) is 19.8. The van der Waals surface area contributed by atoms with Gasteiger partial charge in [0.1, 0.15) is 11.6 Å². The lowest BCUT2D eigenvalue weighted by Gasteiger charge is -2.11. The van der Waals surface area contributed by atoms with E-state index in [1.165, 1.54) is 12.1 Å². The number of H-pyrrole nitrogens is 1. The first kappa shape index (κ1) is 19.6. The van der Waals surface area contributed by atoms with E-state index in [0.29, 0.717) is 17.4 Å². The Morgan fingerprint density at radius 2 is 2.00 bits per heavy atom. The predicted octanol–water partition coefficient (Wildman–Crippen LogP) is 2.53. The number of aromatic nitrogens is 2. The van der Waals surface area contributed by atoms with Gasteiger partial charge >= 0.3 is 0 Å². The number of methoxy groups -OCH3 is 1. The smallest absolute Gasteiger partial charge is 0.272 e. The van der Waals surface area contributed by atoms with Gasteiger partial charge in [0.25, 0.3) is 5.91 Å². The molecule has 0 aliphatic rings. The lowest BCUT2D eigenvalue weighted by Crippen LogP contribution is -2.29. The summed E-state index contributed by atoms with van der Waals surface area (Å²) < 4.78 is 18.7. The van der Waals surface area contributed by atoms with Gasteiger partial charge < -0.3 is 20.7 Å². The topological polar surface area (TPSA) is 91.1 Å². The highest BCUT2D eigenvalue weighted by Crippen LogP contribution is 2.22. The van der Waals surface area contributed by atoms with E-state index in [1.54, 1.807) is 13.2 Å². The molecule has 3 aromatic rings. The second kappa shape index (κ2) is 9.70. The summed E-state index contributed by atoms with van der Waals surface area (Å²) in [6, 6.07) is 12.0. The van der Waals surface area contributed by atoms with E-state index < -0.39 is 5.82 Å². The van der Waals surface area contributed by atoms with Gasteiger partial charge in [0, 0.05) is 25.0 Å². The molecule has 0 unspecified atom stereocenters. The Hall–Kier alpha value is -3.13. The largest absolute Gasteiger partial charge is 0.495 e. The maximum Gasteiger partial charge on any atom is 0.272 e. The number of para-hydroxylation sites is 2. The minimum absolute atomic E-state index is 0.212. The molecule has 0 saturated carbocycles. The molecule has 1 amide bonds. The Kier molecular flexibility index (Phi) is 6.80. The molecular weight excluding hydrogens is 361 g/mol. The van der Waals surface area contributed by atoms with E-state index in [-0.39, 0.29) is 11.6 Å². The van der Waals surface area contributed by atoms with Crippen molar-refractivity contribution in [2.24, 2.45) is 0 Å². The number of hydrogen-bond acceptors (Lipinski definition) is 5. The normalized spacial score (nSPS) is 10.8. The van der Waals surface area contributed by atoms with E-state index in [1.807, 2.05) is 24.3 Å². The first-order valence-corrected chi connectivity index (χ1v) is 9.18. The molecule has 0 aliphatic carbocycles. The van der Waals surface area contributed by atoms with Crippen molar-refractivity contribution < 1.29 is 13.9 Å². The molecule has 7 nitrogen and oxygen atoms in total. The van der Waals surface area contributed by atoms with E-state index >= 15 is 0 Å². The van der Waals surface area contributed by atoms with E-state index in [0.717, 1.165) is 37.5 Å².